The molecule has 17 heavy (non-hydrogen) atoms. The minimum atomic E-state index is -0.586. The standard InChI is InChI=1S/C11H12F2N4/c1-2-3-11-14-15-16-17(11)7-8-4-5-9(12)6-10(8)13/h4-6H,2-3,7H2,1H3. The van der Waals surface area contributed by atoms with Crippen LogP contribution in [0.5, 0.6) is 0 Å². The highest BCUT2D eigenvalue weighted by molar-refractivity contribution is 5.18. The van der Waals surface area contributed by atoms with Crippen LogP contribution in [0.15, 0.2) is 18.2 Å². The number of nitrogens with zero attached hydrogens (tertiary/aromatic N) is 4. The second-order valence-corrected chi connectivity index (χ2v) is 3.74. The fraction of sp³-hybridized carbons (Fsp3) is 0.364. The van der Waals surface area contributed by atoms with Crippen LogP contribution in [0.2, 0.25) is 0 Å². The Morgan fingerprint density at radius 3 is 2.82 bits per heavy atom. The van der Waals surface area contributed by atoms with Crippen molar-refractivity contribution in [3.05, 3.63) is 41.2 Å². The second-order valence-electron chi connectivity index (χ2n) is 3.74. The molecule has 0 saturated carbocycles. The molecule has 2 aromatic rings. The van der Waals surface area contributed by atoms with E-state index in [1.54, 1.807) is 0 Å². The first kappa shape index (κ1) is 11.6. The Hall–Kier alpha value is -1.85. The third kappa shape index (κ3) is 2.64. The van der Waals surface area contributed by atoms with Gasteiger partial charge in [0.15, 0.2) is 5.82 Å². The van der Waals surface area contributed by atoms with Gasteiger partial charge in [0.2, 0.25) is 0 Å². The molecule has 0 aliphatic heterocycles. The Balaban J connectivity index is 2.22. The Kier molecular flexibility index (Phi) is 3.41. The van der Waals surface area contributed by atoms with Crippen LogP contribution in [-0.2, 0) is 13.0 Å². The van der Waals surface area contributed by atoms with E-state index in [1.165, 1.54) is 16.8 Å². The highest BCUT2D eigenvalue weighted by atomic mass is 19.1. The fourth-order valence-electron chi connectivity index (χ4n) is 1.56. The van der Waals surface area contributed by atoms with Crippen LogP contribution >= 0.6 is 0 Å². The Morgan fingerprint density at radius 1 is 1.29 bits per heavy atom. The molecule has 0 bridgehead atoms. The molecule has 0 atom stereocenters. The van der Waals surface area contributed by atoms with Gasteiger partial charge in [0.1, 0.15) is 11.6 Å². The van der Waals surface area contributed by atoms with E-state index in [9.17, 15) is 8.78 Å². The van der Waals surface area contributed by atoms with Crippen molar-refractivity contribution in [2.45, 2.75) is 26.3 Å². The van der Waals surface area contributed by atoms with E-state index in [0.29, 0.717) is 11.4 Å². The second kappa shape index (κ2) is 4.99. The van der Waals surface area contributed by atoms with Crippen LogP contribution in [0, 0.1) is 11.6 Å². The predicted molar refractivity (Wildman–Crippen MR) is 57.3 cm³/mol. The lowest BCUT2D eigenvalue weighted by molar-refractivity contribution is 0.546. The highest BCUT2D eigenvalue weighted by Crippen LogP contribution is 2.11. The molecule has 0 unspecified atom stereocenters. The maximum absolute atomic E-state index is 13.4. The zero-order chi connectivity index (χ0) is 12.3. The molecule has 1 aromatic carbocycles. The molecular weight excluding hydrogens is 226 g/mol. The largest absolute Gasteiger partial charge is 0.225 e. The molecule has 0 saturated heterocycles. The van der Waals surface area contributed by atoms with Crippen LogP contribution < -0.4 is 0 Å². The molecule has 0 aliphatic rings. The average molecular weight is 238 g/mol. The molecule has 1 heterocycles. The molecular formula is C11H12F2N4. The van der Waals surface area contributed by atoms with E-state index < -0.39 is 11.6 Å². The summed E-state index contributed by atoms with van der Waals surface area (Å²) >= 11 is 0. The summed E-state index contributed by atoms with van der Waals surface area (Å²) in [6.07, 6.45) is 1.64. The summed E-state index contributed by atoms with van der Waals surface area (Å²) in [6, 6.07) is 3.49. The summed E-state index contributed by atoms with van der Waals surface area (Å²) in [4.78, 5) is 0. The molecule has 0 fully saturated rings. The lowest BCUT2D eigenvalue weighted by atomic mass is 10.2. The van der Waals surface area contributed by atoms with E-state index >= 15 is 0 Å². The average Bonchev–Trinajstić information content (AvgIpc) is 2.71. The lowest BCUT2D eigenvalue weighted by Gasteiger charge is -2.05. The van der Waals surface area contributed by atoms with Crippen LogP contribution in [0.1, 0.15) is 24.7 Å². The fourth-order valence-corrected chi connectivity index (χ4v) is 1.56. The Labute approximate surface area is 97.3 Å². The van der Waals surface area contributed by atoms with Crippen molar-refractivity contribution in [2.75, 3.05) is 0 Å². The normalized spacial score (nSPS) is 10.8. The van der Waals surface area contributed by atoms with Crippen molar-refractivity contribution in [1.29, 1.82) is 0 Å². The number of halogens is 2. The van der Waals surface area contributed by atoms with Crippen molar-refractivity contribution in [1.82, 2.24) is 20.2 Å². The number of rotatable bonds is 4. The van der Waals surface area contributed by atoms with Crippen molar-refractivity contribution < 1.29 is 8.78 Å². The monoisotopic (exact) mass is 238 g/mol. The summed E-state index contributed by atoms with van der Waals surface area (Å²) in [5.74, 6) is -0.462. The third-order valence-corrected chi connectivity index (χ3v) is 2.41. The maximum atomic E-state index is 13.4. The van der Waals surface area contributed by atoms with Crippen LogP contribution in [0.4, 0.5) is 8.78 Å². The summed E-state index contributed by atoms with van der Waals surface area (Å²) < 4.78 is 27.7. The van der Waals surface area contributed by atoms with Crippen molar-refractivity contribution in [2.24, 2.45) is 0 Å². The summed E-state index contributed by atoms with van der Waals surface area (Å²) in [7, 11) is 0. The van der Waals surface area contributed by atoms with E-state index in [1.807, 2.05) is 6.92 Å². The minimum Gasteiger partial charge on any atom is -0.225 e. The summed E-state index contributed by atoms with van der Waals surface area (Å²) in [6.45, 7) is 2.23. The van der Waals surface area contributed by atoms with Gasteiger partial charge in [-0.15, -0.1) is 5.10 Å². The van der Waals surface area contributed by atoms with E-state index in [4.69, 9.17) is 0 Å². The van der Waals surface area contributed by atoms with Gasteiger partial charge in [-0.25, -0.2) is 13.5 Å². The number of hydrogen-bond acceptors (Lipinski definition) is 3. The van der Waals surface area contributed by atoms with E-state index in [0.717, 1.165) is 18.9 Å². The first-order chi connectivity index (χ1) is 8.20. The zero-order valence-corrected chi connectivity index (χ0v) is 9.40. The summed E-state index contributed by atoms with van der Waals surface area (Å²) in [5.41, 5.74) is 0.371. The Morgan fingerprint density at radius 2 is 2.12 bits per heavy atom. The number of aromatic nitrogens is 4. The lowest BCUT2D eigenvalue weighted by Crippen LogP contribution is -2.08. The zero-order valence-electron chi connectivity index (χ0n) is 9.40. The van der Waals surface area contributed by atoms with Gasteiger partial charge in [0.25, 0.3) is 0 Å². The maximum Gasteiger partial charge on any atom is 0.151 e. The molecule has 1 aromatic heterocycles. The highest BCUT2D eigenvalue weighted by Gasteiger charge is 2.09. The predicted octanol–water partition coefficient (Wildman–Crippen LogP) is 1.95. The van der Waals surface area contributed by atoms with Crippen molar-refractivity contribution in [3.63, 3.8) is 0 Å². The molecule has 4 nitrogen and oxygen atoms in total. The smallest absolute Gasteiger partial charge is 0.151 e. The van der Waals surface area contributed by atoms with Crippen molar-refractivity contribution in [3.8, 4) is 0 Å². The van der Waals surface area contributed by atoms with Crippen LogP contribution in [0.3, 0.4) is 0 Å². The van der Waals surface area contributed by atoms with Gasteiger partial charge in [0.05, 0.1) is 6.54 Å². The number of benzene rings is 1. The molecule has 0 aliphatic carbocycles. The number of hydrogen-bond donors (Lipinski definition) is 0. The van der Waals surface area contributed by atoms with Gasteiger partial charge in [-0.1, -0.05) is 13.0 Å². The van der Waals surface area contributed by atoms with Crippen LogP contribution in [0.25, 0.3) is 0 Å². The molecule has 2 rings (SSSR count). The Bertz CT molecular complexity index is 510. The molecule has 0 N–H and O–H groups in total. The van der Waals surface area contributed by atoms with Gasteiger partial charge in [-0.05, 0) is 22.9 Å². The number of tetrazole rings is 1. The van der Waals surface area contributed by atoms with Gasteiger partial charge in [-0.2, -0.15) is 0 Å². The quantitative estimate of drug-likeness (QED) is 0.817. The van der Waals surface area contributed by atoms with Gasteiger partial charge in [-0.3, -0.25) is 0 Å². The molecule has 6 heteroatoms. The SMILES string of the molecule is CCCc1nnnn1Cc1ccc(F)cc1F. The number of aryl methyl sites for hydroxylation is 1. The third-order valence-electron chi connectivity index (χ3n) is 2.41. The van der Waals surface area contributed by atoms with Gasteiger partial charge < -0.3 is 0 Å². The van der Waals surface area contributed by atoms with Gasteiger partial charge in [0, 0.05) is 18.1 Å². The van der Waals surface area contributed by atoms with Crippen LogP contribution in [-0.4, -0.2) is 20.2 Å². The molecule has 0 amide bonds. The van der Waals surface area contributed by atoms with E-state index in [-0.39, 0.29) is 6.54 Å². The topological polar surface area (TPSA) is 43.6 Å². The molecule has 90 valence electrons. The van der Waals surface area contributed by atoms with Gasteiger partial charge >= 0.3 is 0 Å². The van der Waals surface area contributed by atoms with E-state index in [2.05, 4.69) is 15.5 Å². The molecule has 0 spiro atoms. The first-order valence-corrected chi connectivity index (χ1v) is 5.39. The van der Waals surface area contributed by atoms with Crippen molar-refractivity contribution >= 4 is 0 Å². The molecule has 0 radical (unpaired) electrons. The summed E-state index contributed by atoms with van der Waals surface area (Å²) in [5, 5.41) is 11.2. The first-order valence-electron chi connectivity index (χ1n) is 5.39. The minimum absolute atomic E-state index is 0.217.